The molecule has 2 rings (SSSR count). The van der Waals surface area contributed by atoms with Crippen molar-refractivity contribution in [1.82, 2.24) is 0 Å². The molecular weight excluding hydrogens is 347 g/mol. The van der Waals surface area contributed by atoms with Gasteiger partial charge in [-0.25, -0.2) is 9.18 Å². The fourth-order valence-corrected chi connectivity index (χ4v) is 2.58. The fourth-order valence-electron chi connectivity index (χ4n) is 2.15. The molecule has 0 heterocycles. The molecule has 0 spiro atoms. The van der Waals surface area contributed by atoms with Crippen LogP contribution in [0.5, 0.6) is 11.5 Å². The highest BCUT2D eigenvalue weighted by Gasteiger charge is 2.19. The van der Waals surface area contributed by atoms with Gasteiger partial charge in [0, 0.05) is 4.90 Å². The third-order valence-corrected chi connectivity index (χ3v) is 4.15. The topological polar surface area (TPSA) is 61.8 Å². The molecule has 25 heavy (non-hydrogen) atoms. The predicted octanol–water partition coefficient (Wildman–Crippen LogP) is 3.60. The van der Waals surface area contributed by atoms with Gasteiger partial charge in [0.25, 0.3) is 0 Å². The normalized spacial score (nSPS) is 10.2. The lowest BCUT2D eigenvalue weighted by atomic mass is 10.1. The zero-order valence-corrected chi connectivity index (χ0v) is 14.8. The summed E-state index contributed by atoms with van der Waals surface area (Å²) in [4.78, 5) is 25.3. The van der Waals surface area contributed by atoms with Crippen molar-refractivity contribution in [1.29, 1.82) is 0 Å². The number of carbonyl (C=O) groups is 2. The Morgan fingerprint density at radius 1 is 1.00 bits per heavy atom. The Morgan fingerprint density at radius 3 is 2.36 bits per heavy atom. The number of rotatable bonds is 7. The van der Waals surface area contributed by atoms with Gasteiger partial charge in [-0.15, -0.1) is 11.8 Å². The van der Waals surface area contributed by atoms with Crippen LogP contribution >= 0.6 is 11.8 Å². The molecule has 0 aliphatic heterocycles. The number of hydrogen-bond donors (Lipinski definition) is 0. The second-order valence-electron chi connectivity index (χ2n) is 4.91. The van der Waals surface area contributed by atoms with Crippen molar-refractivity contribution in [3.8, 4) is 11.5 Å². The van der Waals surface area contributed by atoms with Crippen molar-refractivity contribution in [2.45, 2.75) is 4.90 Å². The summed E-state index contributed by atoms with van der Waals surface area (Å²) in [5, 5.41) is 0. The first-order valence-electron chi connectivity index (χ1n) is 7.26. The van der Waals surface area contributed by atoms with Gasteiger partial charge in [-0.05, 0) is 42.7 Å². The van der Waals surface area contributed by atoms with Crippen molar-refractivity contribution in [3.05, 3.63) is 53.3 Å². The van der Waals surface area contributed by atoms with Gasteiger partial charge < -0.3 is 14.2 Å². The second kappa shape index (κ2) is 8.53. The van der Waals surface area contributed by atoms with Crippen molar-refractivity contribution >= 4 is 23.5 Å². The summed E-state index contributed by atoms with van der Waals surface area (Å²) in [7, 11) is 2.81. The lowest BCUT2D eigenvalue weighted by molar-refractivity contribution is 0.0470. The molecule has 0 saturated carbocycles. The Labute approximate surface area is 149 Å². The first-order chi connectivity index (χ1) is 12.0. The minimum atomic E-state index is -0.701. The van der Waals surface area contributed by atoms with Crippen LogP contribution < -0.4 is 9.47 Å². The molecule has 0 saturated heterocycles. The van der Waals surface area contributed by atoms with Crippen LogP contribution in [0.4, 0.5) is 4.39 Å². The van der Waals surface area contributed by atoms with Gasteiger partial charge in [-0.1, -0.05) is 0 Å². The Kier molecular flexibility index (Phi) is 6.41. The van der Waals surface area contributed by atoms with E-state index in [1.807, 2.05) is 6.26 Å². The molecule has 0 radical (unpaired) electrons. The molecule has 2 aromatic rings. The number of halogens is 1. The fraction of sp³-hybridized carbons (Fsp3) is 0.222. The van der Waals surface area contributed by atoms with Gasteiger partial charge in [0.15, 0.2) is 6.61 Å². The summed E-state index contributed by atoms with van der Waals surface area (Å²) in [6, 6.07) is 8.59. The molecule has 2 aromatic carbocycles. The molecular formula is C18H17FO5S. The van der Waals surface area contributed by atoms with E-state index in [0.29, 0.717) is 5.75 Å². The number of esters is 1. The first kappa shape index (κ1) is 18.8. The van der Waals surface area contributed by atoms with Crippen LogP contribution in [0.2, 0.25) is 0 Å². The molecule has 5 nitrogen and oxygen atoms in total. The molecule has 0 aliphatic rings. The SMILES string of the molecule is COc1ccc(F)cc1C(=O)COC(=O)c1ccc(SC)cc1OC. The maximum absolute atomic E-state index is 13.3. The lowest BCUT2D eigenvalue weighted by Gasteiger charge is -2.11. The smallest absolute Gasteiger partial charge is 0.342 e. The van der Waals surface area contributed by atoms with Crippen LogP contribution in [0.3, 0.4) is 0 Å². The number of ketones is 1. The third kappa shape index (κ3) is 4.51. The number of benzene rings is 2. The number of ether oxygens (including phenoxy) is 3. The average Bonchev–Trinajstić information content (AvgIpc) is 2.65. The van der Waals surface area contributed by atoms with E-state index in [1.54, 1.807) is 18.2 Å². The summed E-state index contributed by atoms with van der Waals surface area (Å²) in [5.41, 5.74) is 0.222. The van der Waals surface area contributed by atoms with E-state index in [0.717, 1.165) is 11.0 Å². The zero-order chi connectivity index (χ0) is 18.4. The van der Waals surface area contributed by atoms with Crippen LogP contribution in [0, 0.1) is 5.82 Å². The minimum absolute atomic E-state index is 0.0139. The molecule has 0 aliphatic carbocycles. The monoisotopic (exact) mass is 364 g/mol. The van der Waals surface area contributed by atoms with Crippen molar-refractivity contribution in [3.63, 3.8) is 0 Å². The molecule has 0 unspecified atom stereocenters. The second-order valence-corrected chi connectivity index (χ2v) is 5.79. The van der Waals surface area contributed by atoms with Crippen LogP contribution in [0.25, 0.3) is 0 Å². The van der Waals surface area contributed by atoms with Gasteiger partial charge in [0.1, 0.15) is 22.9 Å². The predicted molar refractivity (Wildman–Crippen MR) is 92.3 cm³/mol. The molecule has 0 bridgehead atoms. The molecule has 0 fully saturated rings. The van der Waals surface area contributed by atoms with Gasteiger partial charge >= 0.3 is 5.97 Å². The van der Waals surface area contributed by atoms with Gasteiger partial charge in [0.2, 0.25) is 5.78 Å². The number of thioether (sulfide) groups is 1. The Bertz CT molecular complexity index is 791. The highest BCUT2D eigenvalue weighted by molar-refractivity contribution is 7.98. The summed E-state index contributed by atoms with van der Waals surface area (Å²) in [6.45, 7) is -0.536. The van der Waals surface area contributed by atoms with E-state index in [1.165, 1.54) is 38.1 Å². The van der Waals surface area contributed by atoms with Gasteiger partial charge in [-0.3, -0.25) is 4.79 Å². The van der Waals surface area contributed by atoms with E-state index in [4.69, 9.17) is 14.2 Å². The van der Waals surface area contributed by atoms with Gasteiger partial charge in [0.05, 0.1) is 19.8 Å². The molecule has 7 heteroatoms. The zero-order valence-electron chi connectivity index (χ0n) is 14.0. The van der Waals surface area contributed by atoms with Crippen LogP contribution in [-0.4, -0.2) is 38.8 Å². The molecule has 0 atom stereocenters. The standard InChI is InChI=1S/C18H17FO5S/c1-22-16-7-4-11(19)8-14(16)15(20)10-24-18(21)13-6-5-12(25-3)9-17(13)23-2/h4-9H,10H2,1-3H3. The average molecular weight is 364 g/mol. The Hall–Kier alpha value is -2.54. The highest BCUT2D eigenvalue weighted by Crippen LogP contribution is 2.26. The van der Waals surface area contributed by atoms with Crippen LogP contribution in [0.1, 0.15) is 20.7 Å². The third-order valence-electron chi connectivity index (χ3n) is 3.42. The number of methoxy groups -OCH3 is 2. The molecule has 0 amide bonds. The molecule has 0 N–H and O–H groups in total. The Balaban J connectivity index is 2.12. The maximum atomic E-state index is 13.3. The van der Waals surface area contributed by atoms with Crippen molar-refractivity contribution in [2.75, 3.05) is 27.1 Å². The van der Waals surface area contributed by atoms with Gasteiger partial charge in [-0.2, -0.15) is 0 Å². The number of Topliss-reactive ketones (excluding diaryl/α,β-unsaturated/α-hetero) is 1. The van der Waals surface area contributed by atoms with E-state index >= 15 is 0 Å². The number of carbonyl (C=O) groups excluding carboxylic acids is 2. The first-order valence-corrected chi connectivity index (χ1v) is 8.48. The van der Waals surface area contributed by atoms with E-state index in [9.17, 15) is 14.0 Å². The van der Waals surface area contributed by atoms with Crippen LogP contribution in [0.15, 0.2) is 41.3 Å². The van der Waals surface area contributed by atoms with E-state index in [2.05, 4.69) is 0 Å². The molecule has 132 valence electrons. The van der Waals surface area contributed by atoms with E-state index < -0.39 is 24.2 Å². The summed E-state index contributed by atoms with van der Waals surface area (Å²) in [5.74, 6) is -1.28. The highest BCUT2D eigenvalue weighted by atomic mass is 32.2. The molecule has 0 aromatic heterocycles. The van der Waals surface area contributed by atoms with Crippen molar-refractivity contribution < 1.29 is 28.2 Å². The summed E-state index contributed by atoms with van der Waals surface area (Å²) < 4.78 is 28.6. The summed E-state index contributed by atoms with van der Waals surface area (Å²) >= 11 is 1.50. The van der Waals surface area contributed by atoms with E-state index in [-0.39, 0.29) is 16.9 Å². The number of hydrogen-bond acceptors (Lipinski definition) is 6. The van der Waals surface area contributed by atoms with Crippen molar-refractivity contribution in [2.24, 2.45) is 0 Å². The quantitative estimate of drug-likeness (QED) is 0.425. The minimum Gasteiger partial charge on any atom is -0.496 e. The Morgan fingerprint density at radius 2 is 1.72 bits per heavy atom. The summed E-state index contributed by atoms with van der Waals surface area (Å²) in [6.07, 6.45) is 1.90. The lowest BCUT2D eigenvalue weighted by Crippen LogP contribution is -2.16. The maximum Gasteiger partial charge on any atom is 0.342 e. The largest absolute Gasteiger partial charge is 0.496 e. The van der Waals surface area contributed by atoms with Crippen LogP contribution in [-0.2, 0) is 4.74 Å².